The lowest BCUT2D eigenvalue weighted by Gasteiger charge is -2.36. The number of hydrogen-bond acceptors (Lipinski definition) is 6. The summed E-state index contributed by atoms with van der Waals surface area (Å²) in [4.78, 5) is 2.24. The number of hydrogen-bond donors (Lipinski definition) is 2. The van der Waals surface area contributed by atoms with E-state index in [1.165, 1.54) is 5.56 Å². The molecule has 27 heavy (non-hydrogen) atoms. The first-order valence-electron chi connectivity index (χ1n) is 9.65. The molecule has 3 heterocycles. The number of aliphatic hydroxyl groups is 1. The van der Waals surface area contributed by atoms with Gasteiger partial charge in [-0.25, -0.2) is 0 Å². The number of rotatable bonds is 2. The fourth-order valence-corrected chi connectivity index (χ4v) is 4.67. The highest BCUT2D eigenvalue weighted by Gasteiger charge is 2.35. The van der Waals surface area contributed by atoms with Crippen LogP contribution in [-0.4, -0.2) is 39.1 Å². The number of aliphatic hydroxyl groups excluding tert-OH is 1. The van der Waals surface area contributed by atoms with Gasteiger partial charge in [0.15, 0.2) is 5.82 Å². The van der Waals surface area contributed by atoms with E-state index in [0.29, 0.717) is 22.2 Å². The van der Waals surface area contributed by atoms with Crippen LogP contribution in [0.2, 0.25) is 0 Å². The molecule has 1 saturated carbocycles. The van der Waals surface area contributed by atoms with Gasteiger partial charge >= 0.3 is 0 Å². The normalized spacial score (nSPS) is 22.4. The fraction of sp³-hybridized carbons (Fsp3) is 0.429. The van der Waals surface area contributed by atoms with Gasteiger partial charge < -0.3 is 19.5 Å². The molecular weight excluding hydrogens is 342 g/mol. The predicted octanol–water partition coefficient (Wildman–Crippen LogP) is 3.57. The van der Waals surface area contributed by atoms with E-state index in [4.69, 9.17) is 4.42 Å². The van der Waals surface area contributed by atoms with Gasteiger partial charge in [-0.3, -0.25) is 0 Å². The van der Waals surface area contributed by atoms with Crippen molar-refractivity contribution in [3.05, 3.63) is 35.6 Å². The summed E-state index contributed by atoms with van der Waals surface area (Å²) in [6.07, 6.45) is 6.28. The maximum absolute atomic E-state index is 10.7. The van der Waals surface area contributed by atoms with E-state index in [2.05, 4.69) is 15.1 Å². The van der Waals surface area contributed by atoms with Crippen LogP contribution < -0.4 is 4.90 Å². The third kappa shape index (κ3) is 2.51. The largest absolute Gasteiger partial charge is 0.506 e. The lowest BCUT2D eigenvalue weighted by molar-refractivity contribution is 0.104. The molecule has 0 saturated heterocycles. The van der Waals surface area contributed by atoms with Crippen molar-refractivity contribution >= 4 is 16.8 Å². The number of benzene rings is 1. The molecule has 6 nitrogen and oxygen atoms in total. The molecule has 1 aliphatic carbocycles. The third-order valence-electron chi connectivity index (χ3n) is 6.15. The lowest BCUT2D eigenvalue weighted by atomic mass is 9.91. The molecule has 1 aliphatic heterocycles. The number of anilines is 1. The van der Waals surface area contributed by atoms with Crippen LogP contribution in [-0.2, 0) is 6.42 Å². The van der Waals surface area contributed by atoms with Crippen molar-refractivity contribution in [1.82, 2.24) is 10.2 Å². The molecule has 1 fully saturated rings. The Morgan fingerprint density at radius 1 is 1.15 bits per heavy atom. The Hall–Kier alpha value is -2.60. The van der Waals surface area contributed by atoms with E-state index in [-0.39, 0.29) is 17.9 Å². The molecule has 0 unspecified atom stereocenters. The average molecular weight is 365 g/mol. The molecule has 0 radical (unpaired) electrons. The minimum atomic E-state index is -0.293. The number of furan rings is 1. The second-order valence-corrected chi connectivity index (χ2v) is 7.63. The third-order valence-corrected chi connectivity index (χ3v) is 6.15. The first-order valence-corrected chi connectivity index (χ1v) is 9.65. The highest BCUT2D eigenvalue weighted by atomic mass is 16.3. The van der Waals surface area contributed by atoms with Crippen molar-refractivity contribution in [3.8, 4) is 17.0 Å². The first-order chi connectivity index (χ1) is 13.1. The Labute approximate surface area is 157 Å². The van der Waals surface area contributed by atoms with Crippen LogP contribution in [0.4, 0.5) is 5.82 Å². The van der Waals surface area contributed by atoms with Gasteiger partial charge in [0.05, 0.1) is 23.8 Å². The molecule has 5 rings (SSSR count). The minimum Gasteiger partial charge on any atom is -0.506 e. The molecule has 2 atom stereocenters. The zero-order valence-corrected chi connectivity index (χ0v) is 15.4. The molecule has 3 aromatic rings. The molecule has 2 aromatic heterocycles. The van der Waals surface area contributed by atoms with Crippen molar-refractivity contribution in [2.75, 3.05) is 11.4 Å². The highest BCUT2D eigenvalue weighted by Crippen LogP contribution is 2.40. The van der Waals surface area contributed by atoms with Crippen LogP contribution in [0.5, 0.6) is 5.75 Å². The molecule has 1 aromatic carbocycles. The summed E-state index contributed by atoms with van der Waals surface area (Å²) < 4.78 is 5.36. The summed E-state index contributed by atoms with van der Waals surface area (Å²) in [7, 11) is 0. The maximum Gasteiger partial charge on any atom is 0.155 e. The van der Waals surface area contributed by atoms with Crippen LogP contribution in [0.25, 0.3) is 22.2 Å². The van der Waals surface area contributed by atoms with E-state index in [9.17, 15) is 10.2 Å². The van der Waals surface area contributed by atoms with Gasteiger partial charge in [-0.1, -0.05) is 12.8 Å². The molecule has 140 valence electrons. The summed E-state index contributed by atoms with van der Waals surface area (Å²) in [6.45, 7) is 2.91. The van der Waals surface area contributed by atoms with Gasteiger partial charge in [-0.15, -0.1) is 10.2 Å². The van der Waals surface area contributed by atoms with Crippen molar-refractivity contribution in [3.63, 3.8) is 0 Å². The maximum atomic E-state index is 10.7. The van der Waals surface area contributed by atoms with Crippen LogP contribution in [0, 0.1) is 6.92 Å². The minimum absolute atomic E-state index is 0.134. The van der Waals surface area contributed by atoms with Gasteiger partial charge in [0, 0.05) is 17.7 Å². The van der Waals surface area contributed by atoms with Crippen molar-refractivity contribution < 1.29 is 14.6 Å². The highest BCUT2D eigenvalue weighted by molar-refractivity contribution is 5.91. The van der Waals surface area contributed by atoms with Gasteiger partial charge in [0.1, 0.15) is 17.0 Å². The van der Waals surface area contributed by atoms with Crippen LogP contribution >= 0.6 is 0 Å². The quantitative estimate of drug-likeness (QED) is 0.722. The fourth-order valence-electron chi connectivity index (χ4n) is 4.67. The van der Waals surface area contributed by atoms with E-state index in [0.717, 1.165) is 50.0 Å². The SMILES string of the molecule is Cc1c(-c2ccc3occc3c2O)nnc2c1CCN2[C@@H]1CCCC[C@H]1O. The Balaban J connectivity index is 1.56. The van der Waals surface area contributed by atoms with Gasteiger partial charge in [-0.05, 0) is 49.9 Å². The number of aromatic nitrogens is 2. The zero-order chi connectivity index (χ0) is 18.5. The molecular formula is C21H23N3O3. The molecule has 2 N–H and O–H groups in total. The van der Waals surface area contributed by atoms with E-state index < -0.39 is 0 Å². The lowest BCUT2D eigenvalue weighted by Crippen LogP contribution is -2.45. The number of aromatic hydroxyl groups is 1. The number of phenols is 1. The van der Waals surface area contributed by atoms with E-state index >= 15 is 0 Å². The second-order valence-electron chi connectivity index (χ2n) is 7.63. The molecule has 0 spiro atoms. The Morgan fingerprint density at radius 3 is 2.85 bits per heavy atom. The van der Waals surface area contributed by atoms with E-state index in [1.54, 1.807) is 12.3 Å². The second kappa shape index (κ2) is 6.23. The molecule has 0 bridgehead atoms. The standard InChI is InChI=1S/C21H23N3O3/c1-12-13-8-10-24(16-4-2-3-5-17(16)25)21(13)23-22-19(12)15-6-7-18-14(20(15)26)9-11-27-18/h6-7,9,11,16-17,25-26H,2-5,8,10H2,1H3/t16-,17-/m1/s1. The van der Waals surface area contributed by atoms with Crippen molar-refractivity contribution in [2.24, 2.45) is 0 Å². The van der Waals surface area contributed by atoms with Crippen molar-refractivity contribution in [1.29, 1.82) is 0 Å². The topological polar surface area (TPSA) is 82.6 Å². The summed E-state index contributed by atoms with van der Waals surface area (Å²) in [5.74, 6) is 1.07. The number of phenolic OH excluding ortho intramolecular Hbond substituents is 1. The van der Waals surface area contributed by atoms with Gasteiger partial charge in [0.2, 0.25) is 0 Å². The summed E-state index contributed by atoms with van der Waals surface area (Å²) >= 11 is 0. The summed E-state index contributed by atoms with van der Waals surface area (Å²) in [6, 6.07) is 5.58. The Bertz CT molecular complexity index is 1010. The van der Waals surface area contributed by atoms with Crippen LogP contribution in [0.15, 0.2) is 28.9 Å². The Kier molecular flexibility index (Phi) is 3.82. The summed E-state index contributed by atoms with van der Waals surface area (Å²) in [5.41, 5.74) is 4.25. The number of fused-ring (bicyclic) bond motifs is 2. The molecule has 0 amide bonds. The van der Waals surface area contributed by atoms with Gasteiger partial charge in [-0.2, -0.15) is 0 Å². The summed E-state index contributed by atoms with van der Waals surface area (Å²) in [5, 5.41) is 30.8. The monoisotopic (exact) mass is 365 g/mol. The average Bonchev–Trinajstić information content (AvgIpc) is 3.31. The smallest absolute Gasteiger partial charge is 0.155 e. The first kappa shape index (κ1) is 16.6. The number of nitrogens with zero attached hydrogens (tertiary/aromatic N) is 3. The Morgan fingerprint density at radius 2 is 2.00 bits per heavy atom. The molecule has 6 heteroatoms. The van der Waals surface area contributed by atoms with Gasteiger partial charge in [0.25, 0.3) is 0 Å². The molecule has 2 aliphatic rings. The predicted molar refractivity (Wildman–Crippen MR) is 103 cm³/mol. The van der Waals surface area contributed by atoms with Crippen LogP contribution in [0.1, 0.15) is 36.8 Å². The zero-order valence-electron chi connectivity index (χ0n) is 15.4. The van der Waals surface area contributed by atoms with E-state index in [1.807, 2.05) is 19.1 Å². The van der Waals surface area contributed by atoms with Crippen molar-refractivity contribution in [2.45, 2.75) is 51.2 Å². The van der Waals surface area contributed by atoms with Crippen LogP contribution in [0.3, 0.4) is 0 Å².